The summed E-state index contributed by atoms with van der Waals surface area (Å²) in [5.74, 6) is 0.796. The van der Waals surface area contributed by atoms with E-state index in [9.17, 15) is 5.11 Å². The summed E-state index contributed by atoms with van der Waals surface area (Å²) >= 11 is 5.89. The Hall–Kier alpha value is -1.51. The zero-order chi connectivity index (χ0) is 14.8. The molecule has 0 aliphatic carbocycles. The smallest absolute Gasteiger partial charge is 0.122 e. The zero-order valence-electron chi connectivity index (χ0n) is 12.0. The molecule has 2 aromatic rings. The summed E-state index contributed by atoms with van der Waals surface area (Å²) in [4.78, 5) is 0. The van der Waals surface area contributed by atoms with Crippen LogP contribution in [0.2, 0.25) is 5.02 Å². The third-order valence-electron chi connectivity index (χ3n) is 3.44. The second kappa shape index (κ2) is 5.86. The van der Waals surface area contributed by atoms with Crippen LogP contribution in [0.3, 0.4) is 0 Å². The molecule has 2 rings (SSSR count). The second-order valence-electron chi connectivity index (χ2n) is 5.27. The van der Waals surface area contributed by atoms with Crippen molar-refractivity contribution in [3.05, 3.63) is 64.2 Å². The molecule has 1 unspecified atom stereocenters. The molecule has 20 heavy (non-hydrogen) atoms. The highest BCUT2D eigenvalue weighted by atomic mass is 35.5. The highest BCUT2D eigenvalue weighted by Gasteiger charge is 2.25. The maximum atomic E-state index is 10.7. The Kier molecular flexibility index (Phi) is 4.36. The summed E-state index contributed by atoms with van der Waals surface area (Å²) < 4.78 is 5.37. The Bertz CT molecular complexity index is 588. The molecule has 2 nitrogen and oxygen atoms in total. The van der Waals surface area contributed by atoms with Gasteiger partial charge in [0.25, 0.3) is 0 Å². The van der Waals surface area contributed by atoms with Crippen molar-refractivity contribution >= 4 is 11.6 Å². The van der Waals surface area contributed by atoms with Crippen molar-refractivity contribution < 1.29 is 9.84 Å². The third-order valence-corrected chi connectivity index (χ3v) is 3.69. The minimum Gasteiger partial charge on any atom is -0.496 e. The fraction of sp³-hybridized carbons (Fsp3) is 0.294. The summed E-state index contributed by atoms with van der Waals surface area (Å²) in [6.45, 7) is 3.83. The first-order valence-electron chi connectivity index (χ1n) is 6.54. The topological polar surface area (TPSA) is 29.5 Å². The maximum absolute atomic E-state index is 10.7. The first-order valence-corrected chi connectivity index (χ1v) is 6.92. The molecule has 0 bridgehead atoms. The van der Waals surface area contributed by atoms with Gasteiger partial charge in [0, 0.05) is 11.4 Å². The fourth-order valence-electron chi connectivity index (χ4n) is 2.33. The highest BCUT2D eigenvalue weighted by Crippen LogP contribution is 2.30. The molecular weight excluding hydrogens is 272 g/mol. The van der Waals surface area contributed by atoms with Crippen molar-refractivity contribution in [2.24, 2.45) is 0 Å². The van der Waals surface area contributed by atoms with Crippen LogP contribution in [-0.2, 0) is 12.0 Å². The Labute approximate surface area is 125 Å². The van der Waals surface area contributed by atoms with E-state index in [0.717, 1.165) is 22.4 Å². The summed E-state index contributed by atoms with van der Waals surface area (Å²) in [5.41, 5.74) is 2.01. The number of rotatable bonds is 4. The van der Waals surface area contributed by atoms with Gasteiger partial charge in [-0.2, -0.15) is 0 Å². The molecule has 0 fully saturated rings. The molecule has 1 atom stereocenters. The van der Waals surface area contributed by atoms with Crippen molar-refractivity contribution in [2.45, 2.75) is 25.9 Å². The van der Waals surface area contributed by atoms with Crippen LogP contribution in [0.1, 0.15) is 23.6 Å². The van der Waals surface area contributed by atoms with Gasteiger partial charge in [-0.05, 0) is 43.2 Å². The van der Waals surface area contributed by atoms with E-state index in [1.165, 1.54) is 0 Å². The summed E-state index contributed by atoms with van der Waals surface area (Å²) in [7, 11) is 1.64. The van der Waals surface area contributed by atoms with E-state index in [4.69, 9.17) is 16.3 Å². The SMILES string of the molecule is COc1ccc(C)cc1CC(C)(O)c1ccc(Cl)cc1. The number of aliphatic hydroxyl groups is 1. The van der Waals surface area contributed by atoms with Gasteiger partial charge >= 0.3 is 0 Å². The lowest BCUT2D eigenvalue weighted by Gasteiger charge is -2.25. The largest absolute Gasteiger partial charge is 0.496 e. The quantitative estimate of drug-likeness (QED) is 0.918. The first-order chi connectivity index (χ1) is 9.42. The van der Waals surface area contributed by atoms with E-state index in [1.54, 1.807) is 26.2 Å². The Balaban J connectivity index is 2.32. The molecule has 0 saturated heterocycles. The van der Waals surface area contributed by atoms with Gasteiger partial charge in [-0.1, -0.05) is 41.4 Å². The molecule has 0 amide bonds. The Morgan fingerprint density at radius 3 is 2.40 bits per heavy atom. The van der Waals surface area contributed by atoms with E-state index in [1.807, 2.05) is 37.3 Å². The standard InChI is InChI=1S/C17H19ClO2/c1-12-4-9-16(20-3)13(10-12)11-17(2,19)14-5-7-15(18)8-6-14/h4-10,19H,11H2,1-3H3. The van der Waals surface area contributed by atoms with Crippen molar-refractivity contribution in [1.82, 2.24) is 0 Å². The van der Waals surface area contributed by atoms with Crippen LogP contribution >= 0.6 is 11.6 Å². The Morgan fingerprint density at radius 1 is 1.15 bits per heavy atom. The number of hydrogen-bond acceptors (Lipinski definition) is 2. The van der Waals surface area contributed by atoms with E-state index in [0.29, 0.717) is 11.4 Å². The lowest BCUT2D eigenvalue weighted by molar-refractivity contribution is 0.0570. The minimum atomic E-state index is -0.967. The van der Waals surface area contributed by atoms with Crippen molar-refractivity contribution in [3.63, 3.8) is 0 Å². The predicted molar refractivity (Wildman–Crippen MR) is 82.5 cm³/mol. The van der Waals surface area contributed by atoms with Crippen LogP contribution in [0, 0.1) is 6.92 Å². The molecule has 0 aromatic heterocycles. The van der Waals surface area contributed by atoms with Gasteiger partial charge in [0.15, 0.2) is 0 Å². The van der Waals surface area contributed by atoms with Gasteiger partial charge < -0.3 is 9.84 Å². The van der Waals surface area contributed by atoms with E-state index in [-0.39, 0.29) is 0 Å². The van der Waals surface area contributed by atoms with Gasteiger partial charge in [-0.15, -0.1) is 0 Å². The van der Waals surface area contributed by atoms with Gasteiger partial charge in [0.1, 0.15) is 5.75 Å². The minimum absolute atomic E-state index is 0.486. The van der Waals surface area contributed by atoms with Gasteiger partial charge in [-0.25, -0.2) is 0 Å². The lowest BCUT2D eigenvalue weighted by Crippen LogP contribution is -2.24. The zero-order valence-corrected chi connectivity index (χ0v) is 12.7. The molecule has 1 N–H and O–H groups in total. The molecule has 106 valence electrons. The average molecular weight is 291 g/mol. The van der Waals surface area contributed by atoms with Gasteiger partial charge in [0.05, 0.1) is 12.7 Å². The molecule has 3 heteroatoms. The number of halogens is 1. The van der Waals surface area contributed by atoms with Crippen LogP contribution in [0.4, 0.5) is 0 Å². The molecule has 0 aliphatic heterocycles. The number of aryl methyl sites for hydroxylation is 1. The average Bonchev–Trinajstić information content (AvgIpc) is 2.39. The predicted octanol–water partition coefficient (Wildman–Crippen LogP) is 4.11. The van der Waals surface area contributed by atoms with Crippen molar-refractivity contribution in [2.75, 3.05) is 7.11 Å². The van der Waals surface area contributed by atoms with Gasteiger partial charge in [0.2, 0.25) is 0 Å². The number of methoxy groups -OCH3 is 1. The first kappa shape index (κ1) is 14.9. The number of benzene rings is 2. The molecule has 0 saturated carbocycles. The second-order valence-corrected chi connectivity index (χ2v) is 5.71. The molecule has 0 heterocycles. The summed E-state index contributed by atoms with van der Waals surface area (Å²) in [5, 5.41) is 11.4. The summed E-state index contributed by atoms with van der Waals surface area (Å²) in [6.07, 6.45) is 0.486. The molecule has 0 radical (unpaired) electrons. The van der Waals surface area contributed by atoms with E-state index < -0.39 is 5.60 Å². The summed E-state index contributed by atoms with van der Waals surface area (Å²) in [6, 6.07) is 13.3. The maximum Gasteiger partial charge on any atom is 0.122 e. The van der Waals surface area contributed by atoms with E-state index >= 15 is 0 Å². The highest BCUT2D eigenvalue weighted by molar-refractivity contribution is 6.30. The molecule has 0 spiro atoms. The van der Waals surface area contributed by atoms with Crippen LogP contribution in [0.25, 0.3) is 0 Å². The third kappa shape index (κ3) is 3.33. The number of hydrogen-bond donors (Lipinski definition) is 1. The Morgan fingerprint density at radius 2 is 1.80 bits per heavy atom. The van der Waals surface area contributed by atoms with Crippen molar-refractivity contribution in [1.29, 1.82) is 0 Å². The van der Waals surface area contributed by atoms with Crippen LogP contribution in [-0.4, -0.2) is 12.2 Å². The van der Waals surface area contributed by atoms with Crippen LogP contribution in [0.15, 0.2) is 42.5 Å². The van der Waals surface area contributed by atoms with Crippen LogP contribution < -0.4 is 4.74 Å². The molecule has 2 aromatic carbocycles. The monoisotopic (exact) mass is 290 g/mol. The van der Waals surface area contributed by atoms with Crippen molar-refractivity contribution in [3.8, 4) is 5.75 Å². The lowest BCUT2D eigenvalue weighted by atomic mass is 9.88. The molecular formula is C17H19ClO2. The normalized spacial score (nSPS) is 13.8. The van der Waals surface area contributed by atoms with Crippen LogP contribution in [0.5, 0.6) is 5.75 Å². The number of ether oxygens (including phenoxy) is 1. The fourth-order valence-corrected chi connectivity index (χ4v) is 2.45. The van der Waals surface area contributed by atoms with Gasteiger partial charge in [-0.3, -0.25) is 0 Å². The molecule has 0 aliphatic rings. The van der Waals surface area contributed by atoms with E-state index in [2.05, 4.69) is 0 Å².